The summed E-state index contributed by atoms with van der Waals surface area (Å²) in [5, 5.41) is 14.8. The average Bonchev–Trinajstić information content (AvgIpc) is 2.50. The highest BCUT2D eigenvalue weighted by Gasteiger charge is 2.16. The van der Waals surface area contributed by atoms with Gasteiger partial charge in [-0.05, 0) is 58.8 Å². The summed E-state index contributed by atoms with van der Waals surface area (Å²) in [6.45, 7) is 3.30. The monoisotopic (exact) mass is 284 g/mol. The number of amidine groups is 1. The molecular weight excluding hydrogens is 252 g/mol. The minimum atomic E-state index is 0.333. The Bertz CT molecular complexity index is 265. The van der Waals surface area contributed by atoms with Gasteiger partial charge >= 0.3 is 0 Å². The molecule has 0 amide bonds. The molecule has 20 heavy (non-hydrogen) atoms. The van der Waals surface area contributed by atoms with Gasteiger partial charge in [-0.25, -0.2) is 0 Å². The van der Waals surface area contributed by atoms with E-state index in [-0.39, 0.29) is 0 Å². The SMILES string of the molecule is CN(CCCNCCCCC(N)=NO)C1CCCCC1. The van der Waals surface area contributed by atoms with Gasteiger partial charge in [0.05, 0.1) is 0 Å². The van der Waals surface area contributed by atoms with Crippen molar-refractivity contribution in [3.8, 4) is 0 Å². The van der Waals surface area contributed by atoms with Crippen molar-refractivity contribution >= 4 is 5.84 Å². The van der Waals surface area contributed by atoms with Crippen LogP contribution in [0.2, 0.25) is 0 Å². The molecule has 5 nitrogen and oxygen atoms in total. The Morgan fingerprint density at radius 2 is 1.90 bits per heavy atom. The number of hydrogen-bond donors (Lipinski definition) is 3. The first-order chi connectivity index (χ1) is 9.74. The summed E-state index contributed by atoms with van der Waals surface area (Å²) in [6.07, 6.45) is 11.0. The predicted octanol–water partition coefficient (Wildman–Crippen LogP) is 2.15. The number of rotatable bonds is 10. The lowest BCUT2D eigenvalue weighted by atomic mass is 9.94. The van der Waals surface area contributed by atoms with Crippen molar-refractivity contribution < 1.29 is 5.21 Å². The summed E-state index contributed by atoms with van der Waals surface area (Å²) in [5.74, 6) is 0.333. The molecule has 1 saturated carbocycles. The van der Waals surface area contributed by atoms with Crippen molar-refractivity contribution in [1.82, 2.24) is 10.2 Å². The van der Waals surface area contributed by atoms with Gasteiger partial charge in [0.25, 0.3) is 0 Å². The Balaban J connectivity index is 1.89. The standard InChI is InChI=1S/C15H32N4O/c1-19(14-8-3-2-4-9-14)13-7-12-17-11-6-5-10-15(16)18-20/h14,17,20H,2-13H2,1H3,(H2,16,18). The lowest BCUT2D eigenvalue weighted by Gasteiger charge is -2.31. The molecule has 0 heterocycles. The summed E-state index contributed by atoms with van der Waals surface area (Å²) in [6, 6.07) is 0.824. The van der Waals surface area contributed by atoms with Crippen LogP contribution in [0.1, 0.15) is 57.8 Å². The molecule has 4 N–H and O–H groups in total. The highest BCUT2D eigenvalue weighted by atomic mass is 16.4. The first kappa shape index (κ1) is 17.2. The Morgan fingerprint density at radius 1 is 1.20 bits per heavy atom. The highest BCUT2D eigenvalue weighted by molar-refractivity contribution is 5.79. The molecule has 5 heteroatoms. The molecule has 0 radical (unpaired) electrons. The largest absolute Gasteiger partial charge is 0.409 e. The van der Waals surface area contributed by atoms with Gasteiger partial charge in [0.15, 0.2) is 0 Å². The van der Waals surface area contributed by atoms with Gasteiger partial charge in [-0.1, -0.05) is 24.4 Å². The smallest absolute Gasteiger partial charge is 0.139 e. The first-order valence-corrected chi connectivity index (χ1v) is 8.11. The van der Waals surface area contributed by atoms with E-state index < -0.39 is 0 Å². The number of oxime groups is 1. The van der Waals surface area contributed by atoms with Gasteiger partial charge in [0.2, 0.25) is 0 Å². The predicted molar refractivity (Wildman–Crippen MR) is 84.2 cm³/mol. The number of nitrogens with one attached hydrogen (secondary N) is 1. The second kappa shape index (κ2) is 10.9. The Morgan fingerprint density at radius 3 is 2.60 bits per heavy atom. The van der Waals surface area contributed by atoms with Gasteiger partial charge < -0.3 is 21.2 Å². The van der Waals surface area contributed by atoms with Crippen molar-refractivity contribution in [2.75, 3.05) is 26.7 Å². The molecule has 1 fully saturated rings. The van der Waals surface area contributed by atoms with E-state index in [2.05, 4.69) is 22.4 Å². The molecule has 0 aliphatic heterocycles. The molecule has 0 aromatic rings. The van der Waals surface area contributed by atoms with Crippen LogP contribution in [-0.2, 0) is 0 Å². The minimum Gasteiger partial charge on any atom is -0.409 e. The quantitative estimate of drug-likeness (QED) is 0.189. The van der Waals surface area contributed by atoms with E-state index in [4.69, 9.17) is 10.9 Å². The number of unbranched alkanes of at least 4 members (excludes halogenated alkanes) is 1. The van der Waals surface area contributed by atoms with Crippen molar-refractivity contribution in [3.05, 3.63) is 0 Å². The van der Waals surface area contributed by atoms with Crippen LogP contribution in [0.25, 0.3) is 0 Å². The topological polar surface area (TPSA) is 73.9 Å². The van der Waals surface area contributed by atoms with E-state index in [1.54, 1.807) is 0 Å². The van der Waals surface area contributed by atoms with Gasteiger partial charge in [-0.2, -0.15) is 0 Å². The first-order valence-electron chi connectivity index (χ1n) is 8.11. The fraction of sp³-hybridized carbons (Fsp3) is 0.933. The highest BCUT2D eigenvalue weighted by Crippen LogP contribution is 2.21. The lowest BCUT2D eigenvalue weighted by molar-refractivity contribution is 0.189. The molecule has 0 bridgehead atoms. The van der Waals surface area contributed by atoms with Crippen LogP contribution >= 0.6 is 0 Å². The molecule has 0 saturated heterocycles. The van der Waals surface area contributed by atoms with Crippen LogP contribution in [0, 0.1) is 0 Å². The molecule has 118 valence electrons. The summed E-state index contributed by atoms with van der Waals surface area (Å²) >= 11 is 0. The van der Waals surface area contributed by atoms with Crippen molar-refractivity contribution in [2.45, 2.75) is 63.8 Å². The number of nitrogens with two attached hydrogens (primary N) is 1. The van der Waals surface area contributed by atoms with E-state index >= 15 is 0 Å². The van der Waals surface area contributed by atoms with E-state index in [0.29, 0.717) is 12.3 Å². The van der Waals surface area contributed by atoms with Gasteiger partial charge in [-0.15, -0.1) is 0 Å². The maximum atomic E-state index is 8.41. The summed E-state index contributed by atoms with van der Waals surface area (Å²) in [5.41, 5.74) is 5.41. The summed E-state index contributed by atoms with van der Waals surface area (Å²) < 4.78 is 0. The van der Waals surface area contributed by atoms with Crippen LogP contribution in [-0.4, -0.2) is 48.7 Å². The second-order valence-corrected chi connectivity index (χ2v) is 5.92. The maximum absolute atomic E-state index is 8.41. The normalized spacial score (nSPS) is 17.8. The lowest BCUT2D eigenvalue weighted by Crippen LogP contribution is -2.35. The second-order valence-electron chi connectivity index (χ2n) is 5.92. The maximum Gasteiger partial charge on any atom is 0.139 e. The fourth-order valence-electron chi connectivity index (χ4n) is 2.89. The van der Waals surface area contributed by atoms with Gasteiger partial charge in [0, 0.05) is 12.5 Å². The zero-order chi connectivity index (χ0) is 14.6. The van der Waals surface area contributed by atoms with E-state index in [9.17, 15) is 0 Å². The molecular formula is C15H32N4O. The molecule has 0 atom stereocenters. The van der Waals surface area contributed by atoms with Crippen LogP contribution in [0.5, 0.6) is 0 Å². The summed E-state index contributed by atoms with van der Waals surface area (Å²) in [7, 11) is 2.27. The molecule has 1 aliphatic carbocycles. The van der Waals surface area contributed by atoms with Crippen LogP contribution in [0.3, 0.4) is 0 Å². The molecule has 1 rings (SSSR count). The average molecular weight is 284 g/mol. The fourth-order valence-corrected chi connectivity index (χ4v) is 2.89. The third-order valence-electron chi connectivity index (χ3n) is 4.23. The number of hydrogen-bond acceptors (Lipinski definition) is 4. The zero-order valence-electron chi connectivity index (χ0n) is 13.0. The van der Waals surface area contributed by atoms with E-state index in [1.807, 2.05) is 0 Å². The molecule has 0 unspecified atom stereocenters. The van der Waals surface area contributed by atoms with E-state index in [1.165, 1.54) is 45.1 Å². The molecule has 0 aromatic heterocycles. The third-order valence-corrected chi connectivity index (χ3v) is 4.23. The third kappa shape index (κ3) is 7.70. The van der Waals surface area contributed by atoms with Crippen LogP contribution in [0.4, 0.5) is 0 Å². The molecule has 1 aliphatic rings. The van der Waals surface area contributed by atoms with Crippen LogP contribution in [0.15, 0.2) is 5.16 Å². The van der Waals surface area contributed by atoms with Crippen LogP contribution < -0.4 is 11.1 Å². The van der Waals surface area contributed by atoms with Crippen molar-refractivity contribution in [1.29, 1.82) is 0 Å². The van der Waals surface area contributed by atoms with Gasteiger partial charge in [-0.3, -0.25) is 0 Å². The Kier molecular flexibility index (Phi) is 9.41. The Labute approximate surface area is 123 Å². The minimum absolute atomic E-state index is 0.333. The zero-order valence-corrected chi connectivity index (χ0v) is 13.0. The summed E-state index contributed by atoms with van der Waals surface area (Å²) in [4.78, 5) is 2.54. The molecule has 0 aromatic carbocycles. The number of nitrogens with zero attached hydrogens (tertiary/aromatic N) is 2. The Hall–Kier alpha value is -0.810. The van der Waals surface area contributed by atoms with Crippen molar-refractivity contribution in [2.24, 2.45) is 10.9 Å². The van der Waals surface area contributed by atoms with Gasteiger partial charge in [0.1, 0.15) is 5.84 Å². The molecule has 0 spiro atoms. The van der Waals surface area contributed by atoms with Crippen molar-refractivity contribution in [3.63, 3.8) is 0 Å². The van der Waals surface area contributed by atoms with E-state index in [0.717, 1.165) is 32.0 Å².